The minimum atomic E-state index is -3.92. The number of hydrogen-bond acceptors (Lipinski definition) is 7. The number of carbonyl (C=O) groups excluding carboxylic acids is 1. The second-order valence-corrected chi connectivity index (χ2v) is 7.39. The van der Waals surface area contributed by atoms with Crippen LogP contribution in [0.4, 0.5) is 0 Å². The van der Waals surface area contributed by atoms with E-state index in [4.69, 9.17) is 14.4 Å². The van der Waals surface area contributed by atoms with Crippen LogP contribution in [0.5, 0.6) is 5.75 Å². The Balaban J connectivity index is 1.86. The molecule has 0 spiro atoms. The van der Waals surface area contributed by atoms with Gasteiger partial charge in [-0.05, 0) is 31.5 Å². The van der Waals surface area contributed by atoms with Crippen molar-refractivity contribution in [2.75, 3.05) is 20.2 Å². The molecule has 2 heterocycles. The van der Waals surface area contributed by atoms with Gasteiger partial charge in [0.1, 0.15) is 5.75 Å². The Hall–Kier alpha value is -2.46. The molecule has 9 nitrogen and oxygen atoms in total. The van der Waals surface area contributed by atoms with Crippen molar-refractivity contribution in [3.05, 3.63) is 35.5 Å². The molecular formula is C15H18N4O5S. The molecule has 2 N–H and O–H groups in total. The molecule has 0 saturated carbocycles. The highest BCUT2D eigenvalue weighted by Crippen LogP contribution is 2.30. The first kappa shape index (κ1) is 17.4. The van der Waals surface area contributed by atoms with Crippen molar-refractivity contribution in [3.8, 4) is 5.75 Å². The Morgan fingerprint density at radius 1 is 1.44 bits per heavy atom. The fourth-order valence-electron chi connectivity index (χ4n) is 2.83. The quantitative estimate of drug-likeness (QED) is 0.841. The van der Waals surface area contributed by atoms with Crippen LogP contribution in [0, 0.1) is 6.92 Å². The molecule has 1 saturated heterocycles. The third kappa shape index (κ3) is 3.49. The van der Waals surface area contributed by atoms with Crippen LogP contribution >= 0.6 is 0 Å². The normalized spacial score (nSPS) is 17.7. The Kier molecular flexibility index (Phi) is 4.48. The molecule has 0 aliphatic carbocycles. The first-order chi connectivity index (χ1) is 11.8. The number of sulfonamides is 1. The van der Waals surface area contributed by atoms with E-state index in [9.17, 15) is 13.2 Å². The van der Waals surface area contributed by atoms with Gasteiger partial charge in [-0.25, -0.2) is 13.6 Å². The van der Waals surface area contributed by atoms with E-state index in [1.807, 2.05) is 0 Å². The topological polar surface area (TPSA) is 129 Å². The highest BCUT2D eigenvalue weighted by molar-refractivity contribution is 7.89. The Morgan fingerprint density at radius 2 is 2.20 bits per heavy atom. The van der Waals surface area contributed by atoms with Gasteiger partial charge in [0.05, 0.1) is 23.5 Å². The predicted molar refractivity (Wildman–Crippen MR) is 86.7 cm³/mol. The van der Waals surface area contributed by atoms with Gasteiger partial charge in [-0.3, -0.25) is 4.79 Å². The number of rotatable bonds is 4. The van der Waals surface area contributed by atoms with E-state index >= 15 is 0 Å². The van der Waals surface area contributed by atoms with Crippen LogP contribution in [-0.4, -0.2) is 49.6 Å². The summed E-state index contributed by atoms with van der Waals surface area (Å²) >= 11 is 0. The number of nitrogens with zero attached hydrogens (tertiary/aromatic N) is 3. The van der Waals surface area contributed by atoms with Crippen LogP contribution in [0.2, 0.25) is 0 Å². The molecule has 3 rings (SSSR count). The average molecular weight is 366 g/mol. The van der Waals surface area contributed by atoms with Crippen LogP contribution in [0.3, 0.4) is 0 Å². The minimum Gasteiger partial charge on any atom is -0.496 e. The van der Waals surface area contributed by atoms with E-state index in [0.717, 1.165) is 0 Å². The second kappa shape index (κ2) is 6.45. The highest BCUT2D eigenvalue weighted by Gasteiger charge is 2.32. The number of nitrogens with two attached hydrogens (primary N) is 1. The van der Waals surface area contributed by atoms with Gasteiger partial charge < -0.3 is 14.2 Å². The van der Waals surface area contributed by atoms with Crippen LogP contribution in [0.25, 0.3) is 0 Å². The third-order valence-corrected chi connectivity index (χ3v) is 5.01. The highest BCUT2D eigenvalue weighted by atomic mass is 32.2. The standard InChI is InChI=1S/C15H18N4O5S/c1-9-17-14(24-18-9)10-5-6-19(8-10)15(20)12-7-11(25(16,21)22)3-4-13(12)23-2/h3-4,7,10H,5-6,8H2,1-2H3,(H2,16,21,22)/t10-/m0/s1. The Bertz CT molecular complexity index is 908. The molecule has 1 atom stereocenters. The zero-order valence-corrected chi connectivity index (χ0v) is 14.6. The largest absolute Gasteiger partial charge is 0.496 e. The molecule has 1 fully saturated rings. The summed E-state index contributed by atoms with van der Waals surface area (Å²) in [7, 11) is -2.50. The molecule has 25 heavy (non-hydrogen) atoms. The van der Waals surface area contributed by atoms with Gasteiger partial charge in [-0.2, -0.15) is 4.98 Å². The first-order valence-corrected chi connectivity index (χ1v) is 9.14. The number of aryl methyl sites for hydroxylation is 1. The van der Waals surface area contributed by atoms with Crippen molar-refractivity contribution in [1.82, 2.24) is 15.0 Å². The van der Waals surface area contributed by atoms with E-state index in [2.05, 4.69) is 10.1 Å². The van der Waals surface area contributed by atoms with Gasteiger partial charge in [0, 0.05) is 13.1 Å². The summed E-state index contributed by atoms with van der Waals surface area (Å²) in [4.78, 5) is 18.5. The number of likely N-dealkylation sites (tertiary alicyclic amines) is 1. The Morgan fingerprint density at radius 3 is 2.80 bits per heavy atom. The summed E-state index contributed by atoms with van der Waals surface area (Å²) in [5, 5.41) is 8.92. The van der Waals surface area contributed by atoms with Crippen molar-refractivity contribution in [2.45, 2.75) is 24.2 Å². The van der Waals surface area contributed by atoms with Gasteiger partial charge in [-0.15, -0.1) is 0 Å². The van der Waals surface area contributed by atoms with Gasteiger partial charge in [0.2, 0.25) is 15.9 Å². The lowest BCUT2D eigenvalue weighted by atomic mass is 10.1. The number of amides is 1. The van der Waals surface area contributed by atoms with Crippen LogP contribution in [0.15, 0.2) is 27.6 Å². The fraction of sp³-hybridized carbons (Fsp3) is 0.400. The van der Waals surface area contributed by atoms with Gasteiger partial charge >= 0.3 is 0 Å². The maximum atomic E-state index is 12.8. The van der Waals surface area contributed by atoms with E-state index in [1.54, 1.807) is 11.8 Å². The molecule has 1 aliphatic rings. The SMILES string of the molecule is COc1ccc(S(N)(=O)=O)cc1C(=O)N1CC[C@H](c2nc(C)no2)C1. The molecular weight excluding hydrogens is 348 g/mol. The number of hydrogen-bond donors (Lipinski definition) is 1. The number of benzene rings is 1. The molecule has 2 aromatic rings. The number of aromatic nitrogens is 2. The summed E-state index contributed by atoms with van der Waals surface area (Å²) in [6, 6.07) is 3.96. The zero-order chi connectivity index (χ0) is 18.2. The fourth-order valence-corrected chi connectivity index (χ4v) is 3.37. The number of ether oxygens (including phenoxy) is 1. The van der Waals surface area contributed by atoms with E-state index < -0.39 is 10.0 Å². The minimum absolute atomic E-state index is 0.0439. The van der Waals surface area contributed by atoms with Gasteiger partial charge in [0.15, 0.2) is 5.82 Å². The van der Waals surface area contributed by atoms with Crippen molar-refractivity contribution in [2.24, 2.45) is 5.14 Å². The number of primary sulfonamides is 1. The zero-order valence-electron chi connectivity index (χ0n) is 13.8. The molecule has 1 aromatic heterocycles. The molecule has 0 bridgehead atoms. The average Bonchev–Trinajstić information content (AvgIpc) is 3.21. The van der Waals surface area contributed by atoms with Gasteiger partial charge in [0.25, 0.3) is 5.91 Å². The lowest BCUT2D eigenvalue weighted by Crippen LogP contribution is -2.29. The predicted octanol–water partition coefficient (Wildman–Crippen LogP) is 0.664. The Labute approximate surface area is 144 Å². The number of methoxy groups -OCH3 is 1. The van der Waals surface area contributed by atoms with Crippen LogP contribution < -0.4 is 9.88 Å². The van der Waals surface area contributed by atoms with Crippen molar-refractivity contribution < 1.29 is 22.5 Å². The number of carbonyl (C=O) groups is 1. The van der Waals surface area contributed by atoms with Gasteiger partial charge in [-0.1, -0.05) is 5.16 Å². The molecule has 10 heteroatoms. The van der Waals surface area contributed by atoms with E-state index in [0.29, 0.717) is 31.2 Å². The smallest absolute Gasteiger partial charge is 0.257 e. The van der Waals surface area contributed by atoms with Crippen LogP contribution in [-0.2, 0) is 10.0 Å². The molecule has 134 valence electrons. The van der Waals surface area contributed by atoms with Crippen molar-refractivity contribution in [1.29, 1.82) is 0 Å². The molecule has 0 unspecified atom stereocenters. The van der Waals surface area contributed by atoms with Crippen LogP contribution in [0.1, 0.15) is 34.4 Å². The van der Waals surface area contributed by atoms with Crippen molar-refractivity contribution >= 4 is 15.9 Å². The summed E-state index contributed by atoms with van der Waals surface area (Å²) in [6.07, 6.45) is 0.685. The van der Waals surface area contributed by atoms with E-state index in [-0.39, 0.29) is 28.0 Å². The first-order valence-electron chi connectivity index (χ1n) is 7.60. The maximum Gasteiger partial charge on any atom is 0.257 e. The molecule has 1 aliphatic heterocycles. The summed E-state index contributed by atoms with van der Waals surface area (Å²) < 4.78 is 33.5. The summed E-state index contributed by atoms with van der Waals surface area (Å²) in [5.41, 5.74) is 0.149. The molecule has 1 amide bonds. The molecule has 1 aromatic carbocycles. The lowest BCUT2D eigenvalue weighted by molar-refractivity contribution is 0.0786. The molecule has 0 radical (unpaired) electrons. The summed E-state index contributed by atoms with van der Waals surface area (Å²) in [5.74, 6) is 0.952. The van der Waals surface area contributed by atoms with E-state index in [1.165, 1.54) is 25.3 Å². The summed E-state index contributed by atoms with van der Waals surface area (Å²) in [6.45, 7) is 2.63. The maximum absolute atomic E-state index is 12.8. The lowest BCUT2D eigenvalue weighted by Gasteiger charge is -2.18. The monoisotopic (exact) mass is 366 g/mol. The van der Waals surface area contributed by atoms with Crippen molar-refractivity contribution in [3.63, 3.8) is 0 Å². The third-order valence-electron chi connectivity index (χ3n) is 4.10. The second-order valence-electron chi connectivity index (χ2n) is 5.82.